The number of benzene rings is 2. The second-order valence-electron chi connectivity index (χ2n) is 9.31. The maximum Gasteiger partial charge on any atom is 0.334 e. The van der Waals surface area contributed by atoms with Gasteiger partial charge in [0.1, 0.15) is 20.1 Å². The van der Waals surface area contributed by atoms with Gasteiger partial charge in [-0.1, -0.05) is 79.3 Å². The van der Waals surface area contributed by atoms with E-state index in [-0.39, 0.29) is 37.5 Å². The summed E-state index contributed by atoms with van der Waals surface area (Å²) in [6, 6.07) is 16.7. The zero-order valence-electron chi connectivity index (χ0n) is 20.9. The molecule has 2 atom stereocenters. The lowest BCUT2D eigenvalue weighted by atomic mass is 9.94. The highest BCUT2D eigenvalue weighted by atomic mass is 16.2. The number of urea groups is 1. The van der Waals surface area contributed by atoms with Crippen LogP contribution in [0.5, 0.6) is 0 Å². The van der Waals surface area contributed by atoms with Crippen molar-refractivity contribution in [3.05, 3.63) is 65.7 Å². The first-order chi connectivity index (χ1) is 17.4. The minimum absolute atomic E-state index is 0.0508. The largest absolute Gasteiger partial charge is 0.334 e. The Bertz CT molecular complexity index is 1150. The Labute approximate surface area is 213 Å². The molecule has 0 spiro atoms. The van der Waals surface area contributed by atoms with Crippen LogP contribution < -0.4 is 10.8 Å². The summed E-state index contributed by atoms with van der Waals surface area (Å²) in [6.07, 6.45) is 6.22. The Morgan fingerprint density at radius 3 is 2.58 bits per heavy atom. The molecule has 186 valence electrons. The molecule has 8 nitrogen and oxygen atoms in total. The normalized spacial score (nSPS) is 20.2. The molecule has 1 N–H and O–H groups in total. The van der Waals surface area contributed by atoms with E-state index in [1.54, 1.807) is 19.8 Å². The molecule has 0 saturated carbocycles. The first-order valence-electron chi connectivity index (χ1n) is 12.4. The summed E-state index contributed by atoms with van der Waals surface area (Å²) in [5.74, 6) is 2.29. The molecule has 0 unspecified atom stereocenters. The lowest BCUT2D eigenvalue weighted by Gasteiger charge is -2.55. The Balaban J connectivity index is 1.64. The lowest BCUT2D eigenvalue weighted by Crippen LogP contribution is -2.76. The van der Waals surface area contributed by atoms with Crippen LogP contribution in [-0.2, 0) is 22.7 Å². The standard InChI is InChI=1S/C27H32BN5O3/c1-3-9-23-26(35)30(17-21-12-8-13-22(28)15-21)18-24-32(23)25(34)19-31(14-4-2)33(24)27(36)29-16-20-10-6-5-7-11-20/h2,5-8,10-13,15,23-24H,3,9,14,16-19,28H2,1H3,(H,29,36)/t23-,24-/m0/s1. The van der Waals surface area contributed by atoms with Crippen LogP contribution in [0.3, 0.4) is 0 Å². The summed E-state index contributed by atoms with van der Waals surface area (Å²) in [7, 11) is 2.01. The molecule has 2 aliphatic heterocycles. The van der Waals surface area contributed by atoms with Crippen LogP contribution in [0.1, 0.15) is 30.9 Å². The SMILES string of the molecule is Bc1cccc(CN2C[C@H]3N(C(=O)CN(CC#C)N3C(=O)NCc3ccccc3)[C@@H](CCC)C2=O)c1. The molecule has 0 bridgehead atoms. The van der Waals surface area contributed by atoms with Gasteiger partial charge >= 0.3 is 6.03 Å². The van der Waals surface area contributed by atoms with Crippen molar-refractivity contribution in [1.82, 2.24) is 25.1 Å². The van der Waals surface area contributed by atoms with Crippen molar-refractivity contribution in [2.75, 3.05) is 19.6 Å². The predicted octanol–water partition coefficient (Wildman–Crippen LogP) is 0.686. The number of rotatable bonds is 7. The van der Waals surface area contributed by atoms with Crippen LogP contribution >= 0.6 is 0 Å². The number of hydrogen-bond acceptors (Lipinski definition) is 4. The summed E-state index contributed by atoms with van der Waals surface area (Å²) >= 11 is 0. The number of nitrogens with one attached hydrogen (secondary N) is 1. The van der Waals surface area contributed by atoms with Crippen molar-refractivity contribution in [3.8, 4) is 12.3 Å². The van der Waals surface area contributed by atoms with E-state index in [0.717, 1.165) is 23.0 Å². The Morgan fingerprint density at radius 1 is 1.14 bits per heavy atom. The van der Waals surface area contributed by atoms with Crippen LogP contribution in [0.2, 0.25) is 0 Å². The van der Waals surface area contributed by atoms with E-state index in [0.29, 0.717) is 19.5 Å². The van der Waals surface area contributed by atoms with Crippen molar-refractivity contribution in [3.63, 3.8) is 0 Å². The zero-order chi connectivity index (χ0) is 25.7. The number of hydrazine groups is 1. The molecule has 0 radical (unpaired) electrons. The van der Waals surface area contributed by atoms with Crippen LogP contribution in [0.4, 0.5) is 4.79 Å². The van der Waals surface area contributed by atoms with Gasteiger partial charge < -0.3 is 15.1 Å². The van der Waals surface area contributed by atoms with E-state index in [2.05, 4.69) is 17.3 Å². The highest BCUT2D eigenvalue weighted by molar-refractivity contribution is 6.32. The number of piperazine rings is 1. The van der Waals surface area contributed by atoms with Gasteiger partial charge in [0.25, 0.3) is 0 Å². The van der Waals surface area contributed by atoms with Gasteiger partial charge in [-0.15, -0.1) is 6.42 Å². The quantitative estimate of drug-likeness (QED) is 0.463. The molecule has 2 aromatic carbocycles. The van der Waals surface area contributed by atoms with Gasteiger partial charge in [-0.3, -0.25) is 9.59 Å². The monoisotopic (exact) mass is 485 g/mol. The average Bonchev–Trinajstić information content (AvgIpc) is 2.86. The van der Waals surface area contributed by atoms with Crippen LogP contribution in [0.25, 0.3) is 0 Å². The first-order valence-corrected chi connectivity index (χ1v) is 12.4. The fraction of sp³-hybridized carbons (Fsp3) is 0.370. The third kappa shape index (κ3) is 5.39. The van der Waals surface area contributed by atoms with Gasteiger partial charge in [-0.2, -0.15) is 5.01 Å². The second kappa shape index (κ2) is 11.3. The molecule has 4 amide bonds. The molecular formula is C27H32BN5O3. The number of nitrogens with zero attached hydrogens (tertiary/aromatic N) is 4. The van der Waals surface area contributed by atoms with Gasteiger partial charge in [0.2, 0.25) is 11.8 Å². The molecular weight excluding hydrogens is 453 g/mol. The minimum atomic E-state index is -0.644. The lowest BCUT2D eigenvalue weighted by molar-refractivity contribution is -0.189. The summed E-state index contributed by atoms with van der Waals surface area (Å²) in [4.78, 5) is 43.8. The van der Waals surface area contributed by atoms with E-state index < -0.39 is 12.2 Å². The number of hydrogen-bond donors (Lipinski definition) is 1. The van der Waals surface area contributed by atoms with Crippen molar-refractivity contribution >= 4 is 31.2 Å². The fourth-order valence-electron chi connectivity index (χ4n) is 5.02. The molecule has 36 heavy (non-hydrogen) atoms. The molecule has 2 saturated heterocycles. The zero-order valence-corrected chi connectivity index (χ0v) is 20.9. The molecule has 2 aromatic rings. The summed E-state index contributed by atoms with van der Waals surface area (Å²) in [6.45, 7) is 3.01. The number of fused-ring (bicyclic) bond motifs is 1. The third-order valence-electron chi connectivity index (χ3n) is 6.62. The van der Waals surface area contributed by atoms with E-state index in [1.165, 1.54) is 0 Å². The van der Waals surface area contributed by atoms with Gasteiger partial charge in [-0.25, -0.2) is 9.80 Å². The smallest absolute Gasteiger partial charge is 0.333 e. The van der Waals surface area contributed by atoms with Gasteiger partial charge in [-0.05, 0) is 17.5 Å². The molecule has 2 aliphatic rings. The third-order valence-corrected chi connectivity index (χ3v) is 6.62. The van der Waals surface area contributed by atoms with E-state index in [4.69, 9.17) is 6.42 Å². The average molecular weight is 485 g/mol. The highest BCUT2D eigenvalue weighted by Crippen LogP contribution is 2.29. The molecule has 0 aliphatic carbocycles. The Hall–Kier alpha value is -3.77. The summed E-state index contributed by atoms with van der Waals surface area (Å²) < 4.78 is 0. The van der Waals surface area contributed by atoms with Crippen LogP contribution in [-0.4, -0.2) is 77.4 Å². The maximum absolute atomic E-state index is 13.6. The highest BCUT2D eigenvalue weighted by Gasteiger charge is 2.50. The van der Waals surface area contributed by atoms with Crippen molar-refractivity contribution in [2.45, 2.75) is 45.1 Å². The fourth-order valence-corrected chi connectivity index (χ4v) is 5.02. The molecule has 9 heteroatoms. The minimum Gasteiger partial charge on any atom is -0.333 e. The topological polar surface area (TPSA) is 76.2 Å². The number of carbonyl (C=O) groups is 3. The Morgan fingerprint density at radius 2 is 1.89 bits per heavy atom. The number of amides is 4. The van der Waals surface area contributed by atoms with E-state index in [1.807, 2.05) is 63.3 Å². The van der Waals surface area contributed by atoms with Crippen molar-refractivity contribution in [2.24, 2.45) is 0 Å². The van der Waals surface area contributed by atoms with Gasteiger partial charge in [0.15, 0.2) is 0 Å². The van der Waals surface area contributed by atoms with Gasteiger partial charge in [0, 0.05) is 13.1 Å². The number of terminal acetylenes is 1. The summed E-state index contributed by atoms with van der Waals surface area (Å²) in [5, 5.41) is 6.12. The van der Waals surface area contributed by atoms with E-state index >= 15 is 0 Å². The van der Waals surface area contributed by atoms with Crippen LogP contribution in [0, 0.1) is 12.3 Å². The van der Waals surface area contributed by atoms with Crippen molar-refractivity contribution in [1.29, 1.82) is 0 Å². The second-order valence-corrected chi connectivity index (χ2v) is 9.31. The molecule has 2 fully saturated rings. The molecule has 0 aromatic heterocycles. The van der Waals surface area contributed by atoms with Crippen molar-refractivity contribution < 1.29 is 14.4 Å². The van der Waals surface area contributed by atoms with Gasteiger partial charge in [0.05, 0.1) is 19.6 Å². The summed E-state index contributed by atoms with van der Waals surface area (Å²) in [5.41, 5.74) is 3.08. The molecule has 4 rings (SSSR count). The Kier molecular flexibility index (Phi) is 7.96. The number of carbonyl (C=O) groups excluding carboxylic acids is 3. The van der Waals surface area contributed by atoms with Crippen LogP contribution in [0.15, 0.2) is 54.6 Å². The molecule has 2 heterocycles. The van der Waals surface area contributed by atoms with E-state index in [9.17, 15) is 14.4 Å². The maximum atomic E-state index is 13.6. The first kappa shape index (κ1) is 25.3. The predicted molar refractivity (Wildman–Crippen MR) is 140 cm³/mol.